The molecule has 0 bridgehead atoms. The largest absolute Gasteiger partial charge is 0.381 e. The fourth-order valence-electron chi connectivity index (χ4n) is 3.53. The Labute approximate surface area is 117 Å². The van der Waals surface area contributed by atoms with Gasteiger partial charge in [0.2, 0.25) is 0 Å². The van der Waals surface area contributed by atoms with Gasteiger partial charge in [0.25, 0.3) is 0 Å². The molecule has 1 heterocycles. The first kappa shape index (κ1) is 12.5. The minimum atomic E-state index is 0.232. The number of fused-ring (bicyclic) bond motifs is 1. The Hall–Kier alpha value is -0.540. The van der Waals surface area contributed by atoms with Crippen LogP contribution in [0.25, 0.3) is 0 Å². The fraction of sp³-hybridized carbons (Fsp3) is 0.600. The second kappa shape index (κ2) is 4.24. The molecule has 3 heteroatoms. The Morgan fingerprint density at radius 3 is 2.94 bits per heavy atom. The molecule has 98 valence electrons. The molecule has 3 atom stereocenters. The van der Waals surface area contributed by atoms with Crippen LogP contribution in [-0.4, -0.2) is 18.8 Å². The van der Waals surface area contributed by atoms with E-state index in [-0.39, 0.29) is 5.41 Å². The first-order valence-corrected chi connectivity index (χ1v) is 7.44. The summed E-state index contributed by atoms with van der Waals surface area (Å²) < 4.78 is 6.97. The SMILES string of the molecule is Cc1ccc(Br)cc1NC1C2CCOC2C1(C)C. The van der Waals surface area contributed by atoms with E-state index in [1.165, 1.54) is 17.7 Å². The lowest BCUT2D eigenvalue weighted by atomic mass is 9.57. The maximum atomic E-state index is 5.84. The molecule has 1 saturated heterocycles. The van der Waals surface area contributed by atoms with Crippen LogP contribution in [0.15, 0.2) is 22.7 Å². The fourth-order valence-corrected chi connectivity index (χ4v) is 3.90. The number of aryl methyl sites for hydroxylation is 1. The van der Waals surface area contributed by atoms with Gasteiger partial charge in [-0.05, 0) is 31.0 Å². The summed E-state index contributed by atoms with van der Waals surface area (Å²) >= 11 is 3.55. The van der Waals surface area contributed by atoms with Crippen molar-refractivity contribution in [2.45, 2.75) is 39.3 Å². The smallest absolute Gasteiger partial charge is 0.0694 e. The molecule has 1 saturated carbocycles. The quantitative estimate of drug-likeness (QED) is 0.892. The predicted octanol–water partition coefficient (Wildman–Crippen LogP) is 3.98. The van der Waals surface area contributed by atoms with Gasteiger partial charge in [0.1, 0.15) is 0 Å². The Morgan fingerprint density at radius 1 is 1.39 bits per heavy atom. The van der Waals surface area contributed by atoms with E-state index in [1.807, 2.05) is 0 Å². The highest BCUT2D eigenvalue weighted by molar-refractivity contribution is 9.10. The lowest BCUT2D eigenvalue weighted by molar-refractivity contribution is -0.0923. The Balaban J connectivity index is 1.82. The summed E-state index contributed by atoms with van der Waals surface area (Å²) in [6, 6.07) is 6.95. The van der Waals surface area contributed by atoms with Gasteiger partial charge in [-0.3, -0.25) is 0 Å². The molecule has 3 rings (SSSR count). The van der Waals surface area contributed by atoms with Crippen molar-refractivity contribution in [1.29, 1.82) is 0 Å². The average Bonchev–Trinajstić information content (AvgIpc) is 2.77. The molecule has 0 radical (unpaired) electrons. The van der Waals surface area contributed by atoms with E-state index >= 15 is 0 Å². The predicted molar refractivity (Wildman–Crippen MR) is 77.9 cm³/mol. The van der Waals surface area contributed by atoms with Gasteiger partial charge >= 0.3 is 0 Å². The van der Waals surface area contributed by atoms with E-state index in [2.05, 4.69) is 60.2 Å². The molecule has 2 nitrogen and oxygen atoms in total. The second-order valence-corrected chi connectivity index (χ2v) is 7.06. The number of nitrogens with one attached hydrogen (secondary N) is 1. The van der Waals surface area contributed by atoms with Crippen LogP contribution in [0.1, 0.15) is 25.8 Å². The van der Waals surface area contributed by atoms with Crippen molar-refractivity contribution >= 4 is 21.6 Å². The van der Waals surface area contributed by atoms with E-state index in [0.717, 1.165) is 11.1 Å². The van der Waals surface area contributed by atoms with Crippen molar-refractivity contribution in [3.63, 3.8) is 0 Å². The summed E-state index contributed by atoms with van der Waals surface area (Å²) in [5, 5.41) is 3.74. The number of ether oxygens (including phenoxy) is 1. The minimum absolute atomic E-state index is 0.232. The third kappa shape index (κ3) is 1.79. The molecule has 1 aromatic carbocycles. The minimum Gasteiger partial charge on any atom is -0.381 e. The van der Waals surface area contributed by atoms with Crippen molar-refractivity contribution < 1.29 is 4.74 Å². The van der Waals surface area contributed by atoms with E-state index in [4.69, 9.17) is 4.74 Å². The van der Waals surface area contributed by atoms with Gasteiger partial charge in [0.15, 0.2) is 0 Å². The van der Waals surface area contributed by atoms with Crippen molar-refractivity contribution in [2.24, 2.45) is 11.3 Å². The lowest BCUT2D eigenvalue weighted by Crippen LogP contribution is -2.63. The van der Waals surface area contributed by atoms with Gasteiger partial charge in [-0.25, -0.2) is 0 Å². The number of benzene rings is 1. The molecule has 3 unspecified atom stereocenters. The normalized spacial score (nSPS) is 32.8. The van der Waals surface area contributed by atoms with Crippen LogP contribution in [0.5, 0.6) is 0 Å². The van der Waals surface area contributed by atoms with Crippen LogP contribution in [-0.2, 0) is 4.74 Å². The number of hydrogen-bond donors (Lipinski definition) is 1. The molecule has 0 spiro atoms. The van der Waals surface area contributed by atoms with Crippen LogP contribution in [0, 0.1) is 18.3 Å². The van der Waals surface area contributed by atoms with Crippen LogP contribution in [0.2, 0.25) is 0 Å². The molecule has 1 N–H and O–H groups in total. The molecule has 2 fully saturated rings. The second-order valence-electron chi connectivity index (χ2n) is 6.15. The molecule has 2 aliphatic rings. The molecule has 1 aromatic rings. The highest BCUT2D eigenvalue weighted by Crippen LogP contribution is 2.53. The molecular formula is C15H20BrNO. The summed E-state index contributed by atoms with van der Waals surface area (Å²) in [6.07, 6.45) is 1.64. The number of rotatable bonds is 2. The molecule has 0 aromatic heterocycles. The monoisotopic (exact) mass is 309 g/mol. The van der Waals surface area contributed by atoms with Crippen molar-refractivity contribution in [3.05, 3.63) is 28.2 Å². The van der Waals surface area contributed by atoms with Gasteiger partial charge in [0.05, 0.1) is 6.10 Å². The summed E-state index contributed by atoms with van der Waals surface area (Å²) in [4.78, 5) is 0. The van der Waals surface area contributed by atoms with Gasteiger partial charge in [-0.15, -0.1) is 0 Å². The first-order chi connectivity index (χ1) is 8.50. The molecule has 1 aliphatic carbocycles. The number of hydrogen-bond acceptors (Lipinski definition) is 2. The van der Waals surface area contributed by atoms with E-state index in [9.17, 15) is 0 Å². The first-order valence-electron chi connectivity index (χ1n) is 6.64. The molecule has 0 amide bonds. The molecule has 18 heavy (non-hydrogen) atoms. The Bertz CT molecular complexity index is 472. The molecule has 1 aliphatic heterocycles. The average molecular weight is 310 g/mol. The lowest BCUT2D eigenvalue weighted by Gasteiger charge is -2.55. The maximum absolute atomic E-state index is 5.84. The van der Waals surface area contributed by atoms with Crippen LogP contribution in [0.3, 0.4) is 0 Å². The number of halogens is 1. The zero-order chi connectivity index (χ0) is 12.9. The van der Waals surface area contributed by atoms with E-state index in [0.29, 0.717) is 18.1 Å². The maximum Gasteiger partial charge on any atom is 0.0694 e. The van der Waals surface area contributed by atoms with Gasteiger partial charge in [-0.1, -0.05) is 35.8 Å². The highest BCUT2D eigenvalue weighted by Gasteiger charge is 2.59. The van der Waals surface area contributed by atoms with Crippen molar-refractivity contribution in [2.75, 3.05) is 11.9 Å². The van der Waals surface area contributed by atoms with E-state index in [1.54, 1.807) is 0 Å². The van der Waals surface area contributed by atoms with Crippen LogP contribution < -0.4 is 5.32 Å². The van der Waals surface area contributed by atoms with Crippen molar-refractivity contribution in [1.82, 2.24) is 0 Å². The Kier molecular flexibility index (Phi) is 2.94. The summed E-state index contributed by atoms with van der Waals surface area (Å²) in [5.41, 5.74) is 2.78. The van der Waals surface area contributed by atoms with Crippen LogP contribution >= 0.6 is 15.9 Å². The van der Waals surface area contributed by atoms with Gasteiger partial charge < -0.3 is 10.1 Å². The van der Waals surface area contributed by atoms with Crippen LogP contribution in [0.4, 0.5) is 5.69 Å². The zero-order valence-electron chi connectivity index (χ0n) is 11.2. The topological polar surface area (TPSA) is 21.3 Å². The third-order valence-corrected chi connectivity index (χ3v) is 5.10. The summed E-state index contributed by atoms with van der Waals surface area (Å²) in [5.74, 6) is 0.679. The molecular weight excluding hydrogens is 290 g/mol. The van der Waals surface area contributed by atoms with Gasteiger partial charge in [-0.2, -0.15) is 0 Å². The summed E-state index contributed by atoms with van der Waals surface area (Å²) in [7, 11) is 0. The van der Waals surface area contributed by atoms with Crippen molar-refractivity contribution in [3.8, 4) is 0 Å². The highest BCUT2D eigenvalue weighted by atomic mass is 79.9. The van der Waals surface area contributed by atoms with E-state index < -0.39 is 0 Å². The zero-order valence-corrected chi connectivity index (χ0v) is 12.8. The third-order valence-electron chi connectivity index (χ3n) is 4.61. The number of anilines is 1. The summed E-state index contributed by atoms with van der Waals surface area (Å²) in [6.45, 7) is 7.70. The van der Waals surface area contributed by atoms with Gasteiger partial charge in [0, 0.05) is 34.1 Å². The Morgan fingerprint density at radius 2 is 2.17 bits per heavy atom. The standard InChI is InChI=1S/C15H20BrNO/c1-9-4-5-10(16)8-12(9)17-13-11-6-7-18-14(11)15(13,2)3/h4-5,8,11,13-14,17H,6-7H2,1-3H3.